The third-order valence-corrected chi connectivity index (χ3v) is 4.54. The van der Waals surface area contributed by atoms with Gasteiger partial charge in [0.1, 0.15) is 0 Å². The number of nitrogens with one attached hydrogen (secondary N) is 1. The normalized spacial score (nSPS) is 11.2. The van der Waals surface area contributed by atoms with Gasteiger partial charge in [0.25, 0.3) is 0 Å². The largest absolute Gasteiger partial charge is 0.326 e. The second-order valence-electron chi connectivity index (χ2n) is 5.96. The van der Waals surface area contributed by atoms with Crippen molar-refractivity contribution in [3.05, 3.63) is 53.2 Å². The van der Waals surface area contributed by atoms with Crippen LogP contribution in [0.1, 0.15) is 19.0 Å². The number of hydrogen-bond acceptors (Lipinski definition) is 4. The number of anilines is 1. The Labute approximate surface area is 154 Å². The SMILES string of the molecule is CCC(=O)Nc1ccc2nc(C)c3nnc(-c4ccccc4Cl)n3c2c1. The zero-order valence-corrected chi connectivity index (χ0v) is 15.1. The first kappa shape index (κ1) is 16.5. The Morgan fingerprint density at radius 3 is 2.77 bits per heavy atom. The highest BCUT2D eigenvalue weighted by molar-refractivity contribution is 6.33. The molecular formula is C19H16ClN5O. The number of hydrogen-bond donors (Lipinski definition) is 1. The van der Waals surface area contributed by atoms with Gasteiger partial charge in [0, 0.05) is 17.7 Å². The number of aryl methyl sites for hydroxylation is 1. The maximum atomic E-state index is 11.7. The molecule has 0 atom stereocenters. The molecule has 6 nitrogen and oxygen atoms in total. The predicted octanol–water partition coefficient (Wildman–Crippen LogP) is 4.25. The second kappa shape index (κ2) is 6.38. The van der Waals surface area contributed by atoms with Gasteiger partial charge in [-0.05, 0) is 37.3 Å². The Morgan fingerprint density at radius 1 is 1.19 bits per heavy atom. The molecule has 0 bridgehead atoms. The van der Waals surface area contributed by atoms with Crippen LogP contribution in [0.4, 0.5) is 5.69 Å². The fourth-order valence-electron chi connectivity index (χ4n) is 2.92. The number of fused-ring (bicyclic) bond motifs is 3. The summed E-state index contributed by atoms with van der Waals surface area (Å²) in [5, 5.41) is 12.1. The molecule has 0 aliphatic rings. The zero-order valence-electron chi connectivity index (χ0n) is 14.3. The van der Waals surface area contributed by atoms with Crippen LogP contribution in [-0.4, -0.2) is 25.5 Å². The van der Waals surface area contributed by atoms with Gasteiger partial charge >= 0.3 is 0 Å². The van der Waals surface area contributed by atoms with Crippen LogP contribution in [0.25, 0.3) is 28.1 Å². The van der Waals surface area contributed by atoms with E-state index in [0.29, 0.717) is 28.6 Å². The minimum absolute atomic E-state index is 0.0456. The summed E-state index contributed by atoms with van der Waals surface area (Å²) in [6.45, 7) is 3.71. The number of aromatic nitrogens is 4. The Hall–Kier alpha value is -2.99. The van der Waals surface area contributed by atoms with E-state index in [0.717, 1.165) is 22.3 Å². The second-order valence-corrected chi connectivity index (χ2v) is 6.37. The van der Waals surface area contributed by atoms with Crippen LogP contribution in [-0.2, 0) is 4.79 Å². The van der Waals surface area contributed by atoms with Gasteiger partial charge in [0.2, 0.25) is 5.91 Å². The van der Waals surface area contributed by atoms with Crippen molar-refractivity contribution in [2.45, 2.75) is 20.3 Å². The van der Waals surface area contributed by atoms with Crippen molar-refractivity contribution in [3.8, 4) is 11.4 Å². The third-order valence-electron chi connectivity index (χ3n) is 4.21. The summed E-state index contributed by atoms with van der Waals surface area (Å²) in [4.78, 5) is 16.3. The van der Waals surface area contributed by atoms with Crippen molar-refractivity contribution in [1.82, 2.24) is 19.6 Å². The molecule has 26 heavy (non-hydrogen) atoms. The van der Waals surface area contributed by atoms with E-state index >= 15 is 0 Å². The van der Waals surface area contributed by atoms with Crippen LogP contribution in [0, 0.1) is 6.92 Å². The molecule has 2 heterocycles. The Bertz CT molecular complexity index is 1150. The molecule has 4 aromatic rings. The molecule has 0 aliphatic heterocycles. The van der Waals surface area contributed by atoms with Crippen LogP contribution in [0.15, 0.2) is 42.5 Å². The van der Waals surface area contributed by atoms with Gasteiger partial charge in [-0.2, -0.15) is 0 Å². The maximum Gasteiger partial charge on any atom is 0.224 e. The Morgan fingerprint density at radius 2 is 2.00 bits per heavy atom. The lowest BCUT2D eigenvalue weighted by Crippen LogP contribution is -2.09. The van der Waals surface area contributed by atoms with Crippen molar-refractivity contribution >= 4 is 39.9 Å². The molecule has 0 saturated carbocycles. The van der Waals surface area contributed by atoms with Gasteiger partial charge in [0.05, 0.1) is 21.7 Å². The summed E-state index contributed by atoms with van der Waals surface area (Å²) >= 11 is 6.37. The fourth-order valence-corrected chi connectivity index (χ4v) is 3.14. The summed E-state index contributed by atoms with van der Waals surface area (Å²) in [7, 11) is 0. The zero-order chi connectivity index (χ0) is 18.3. The molecule has 7 heteroatoms. The van der Waals surface area contributed by atoms with Gasteiger partial charge < -0.3 is 5.32 Å². The van der Waals surface area contributed by atoms with Crippen molar-refractivity contribution < 1.29 is 4.79 Å². The van der Waals surface area contributed by atoms with E-state index < -0.39 is 0 Å². The lowest BCUT2D eigenvalue weighted by Gasteiger charge is -2.10. The van der Waals surface area contributed by atoms with Crippen LogP contribution < -0.4 is 5.32 Å². The third kappa shape index (κ3) is 2.68. The van der Waals surface area contributed by atoms with E-state index in [9.17, 15) is 4.79 Å². The van der Waals surface area contributed by atoms with Gasteiger partial charge in [-0.3, -0.25) is 9.20 Å². The van der Waals surface area contributed by atoms with E-state index in [-0.39, 0.29) is 5.91 Å². The number of halogens is 1. The van der Waals surface area contributed by atoms with E-state index in [2.05, 4.69) is 20.5 Å². The van der Waals surface area contributed by atoms with Crippen molar-refractivity contribution in [2.75, 3.05) is 5.32 Å². The van der Waals surface area contributed by atoms with Crippen molar-refractivity contribution in [1.29, 1.82) is 0 Å². The van der Waals surface area contributed by atoms with Gasteiger partial charge in [-0.25, -0.2) is 4.98 Å². The van der Waals surface area contributed by atoms with E-state index in [1.807, 2.05) is 60.7 Å². The molecule has 1 amide bonds. The minimum atomic E-state index is -0.0456. The molecule has 1 N–H and O–H groups in total. The highest BCUT2D eigenvalue weighted by Gasteiger charge is 2.16. The lowest BCUT2D eigenvalue weighted by atomic mass is 10.2. The first-order valence-corrected chi connectivity index (χ1v) is 8.66. The smallest absolute Gasteiger partial charge is 0.224 e. The summed E-state index contributed by atoms with van der Waals surface area (Å²) < 4.78 is 1.93. The lowest BCUT2D eigenvalue weighted by molar-refractivity contribution is -0.115. The first-order valence-electron chi connectivity index (χ1n) is 8.28. The van der Waals surface area contributed by atoms with Crippen molar-refractivity contribution in [2.24, 2.45) is 0 Å². The number of amides is 1. The molecule has 0 aliphatic carbocycles. The molecular weight excluding hydrogens is 350 g/mol. The van der Waals surface area contributed by atoms with E-state index in [4.69, 9.17) is 11.6 Å². The Kier molecular flexibility index (Phi) is 4.05. The minimum Gasteiger partial charge on any atom is -0.326 e. The molecule has 4 rings (SSSR count). The monoisotopic (exact) mass is 365 g/mol. The van der Waals surface area contributed by atoms with Crippen LogP contribution in [0.2, 0.25) is 5.02 Å². The number of carbonyl (C=O) groups is 1. The van der Waals surface area contributed by atoms with Crippen LogP contribution >= 0.6 is 11.6 Å². The number of benzene rings is 2. The van der Waals surface area contributed by atoms with Crippen LogP contribution in [0.5, 0.6) is 0 Å². The molecule has 0 unspecified atom stereocenters. The molecule has 0 radical (unpaired) electrons. The van der Waals surface area contributed by atoms with E-state index in [1.165, 1.54) is 0 Å². The Balaban J connectivity index is 2.03. The molecule has 0 saturated heterocycles. The van der Waals surface area contributed by atoms with Gasteiger partial charge in [0.15, 0.2) is 11.5 Å². The summed E-state index contributed by atoms with van der Waals surface area (Å²) in [6, 6.07) is 13.1. The van der Waals surface area contributed by atoms with Gasteiger partial charge in [-0.1, -0.05) is 30.7 Å². The van der Waals surface area contributed by atoms with E-state index in [1.54, 1.807) is 0 Å². The summed E-state index contributed by atoms with van der Waals surface area (Å²) in [5.74, 6) is 0.593. The average Bonchev–Trinajstić information content (AvgIpc) is 3.08. The number of nitrogens with zero attached hydrogens (tertiary/aromatic N) is 4. The summed E-state index contributed by atoms with van der Waals surface area (Å²) in [6.07, 6.45) is 0.414. The molecule has 2 aromatic carbocycles. The topological polar surface area (TPSA) is 72.2 Å². The highest BCUT2D eigenvalue weighted by Crippen LogP contribution is 2.30. The summed E-state index contributed by atoms with van der Waals surface area (Å²) in [5.41, 5.74) is 4.52. The fraction of sp³-hybridized carbons (Fsp3) is 0.158. The average molecular weight is 366 g/mol. The molecule has 130 valence electrons. The number of rotatable bonds is 3. The first-order chi connectivity index (χ1) is 12.6. The quantitative estimate of drug-likeness (QED) is 0.589. The standard InChI is InChI=1S/C19H16ClN5O/c1-3-17(26)22-12-8-9-15-16(10-12)25-18(11(2)21-15)23-24-19(25)13-6-4-5-7-14(13)20/h4-10H,3H2,1-2H3,(H,22,26). The van der Waals surface area contributed by atoms with Gasteiger partial charge in [-0.15, -0.1) is 10.2 Å². The molecule has 0 spiro atoms. The number of carbonyl (C=O) groups excluding carboxylic acids is 1. The molecule has 0 fully saturated rings. The van der Waals surface area contributed by atoms with Crippen molar-refractivity contribution in [3.63, 3.8) is 0 Å². The molecule has 2 aromatic heterocycles. The predicted molar refractivity (Wildman–Crippen MR) is 102 cm³/mol. The maximum absolute atomic E-state index is 11.7. The van der Waals surface area contributed by atoms with Crippen LogP contribution in [0.3, 0.4) is 0 Å². The highest BCUT2D eigenvalue weighted by atomic mass is 35.5.